The van der Waals surface area contributed by atoms with E-state index in [9.17, 15) is 26.8 Å². The molecule has 0 aliphatic carbocycles. The number of halogens is 2. The lowest BCUT2D eigenvalue weighted by molar-refractivity contribution is -0.140. The van der Waals surface area contributed by atoms with Gasteiger partial charge in [0.05, 0.1) is 24.8 Å². The molecule has 9 nitrogen and oxygen atoms in total. The van der Waals surface area contributed by atoms with Crippen LogP contribution in [0, 0.1) is 11.6 Å². The number of ether oxygens (including phenoxy) is 2. The summed E-state index contributed by atoms with van der Waals surface area (Å²) in [6.45, 7) is 3.00. The topological polar surface area (TPSA) is 105 Å². The molecule has 0 heterocycles. The number of benzene rings is 3. The maximum absolute atomic E-state index is 14.0. The molecule has 1 atom stereocenters. The summed E-state index contributed by atoms with van der Waals surface area (Å²) in [6, 6.07) is 13.1. The molecule has 3 rings (SSSR count). The van der Waals surface area contributed by atoms with E-state index >= 15 is 0 Å². The van der Waals surface area contributed by atoms with E-state index < -0.39 is 46.1 Å². The van der Waals surface area contributed by atoms with Crippen LogP contribution in [-0.2, 0) is 26.2 Å². The minimum atomic E-state index is -4.42. The smallest absolute Gasteiger partial charge is 0.264 e. The zero-order valence-corrected chi connectivity index (χ0v) is 24.1. The molecule has 0 aliphatic heterocycles. The van der Waals surface area contributed by atoms with E-state index in [2.05, 4.69) is 5.32 Å². The van der Waals surface area contributed by atoms with Crippen molar-refractivity contribution in [2.45, 2.75) is 37.8 Å². The number of hydrogen-bond acceptors (Lipinski definition) is 6. The highest BCUT2D eigenvalue weighted by Gasteiger charge is 2.34. The van der Waals surface area contributed by atoms with Crippen LogP contribution in [0.5, 0.6) is 11.5 Å². The van der Waals surface area contributed by atoms with Gasteiger partial charge in [-0.25, -0.2) is 17.2 Å². The summed E-state index contributed by atoms with van der Waals surface area (Å²) in [5, 5.41) is 2.71. The normalized spacial score (nSPS) is 11.9. The standard InChI is InChI=1S/C29H33F2N3O6S/c1-5-25(29(36)32-6-2)33(18-20-7-9-21(30)10-8-20)28(35)19-34(23-13-11-22(31)12-14-23)41(37,38)24-15-16-26(39-3)27(17-24)40-4/h7-17,25H,5-6,18-19H2,1-4H3,(H,32,36)/t25-/m0/s1. The minimum absolute atomic E-state index is 0.0299. The van der Waals surface area contributed by atoms with Crippen molar-refractivity contribution in [2.24, 2.45) is 0 Å². The first kappa shape index (κ1) is 31.3. The Morgan fingerprint density at radius 3 is 2.00 bits per heavy atom. The number of carbonyl (C=O) groups excluding carboxylic acids is 2. The Kier molecular flexibility index (Phi) is 10.6. The van der Waals surface area contributed by atoms with Crippen molar-refractivity contribution in [3.8, 4) is 11.5 Å². The first-order chi connectivity index (χ1) is 19.5. The van der Waals surface area contributed by atoms with E-state index in [-0.39, 0.29) is 29.3 Å². The van der Waals surface area contributed by atoms with Crippen LogP contribution in [0.3, 0.4) is 0 Å². The fourth-order valence-corrected chi connectivity index (χ4v) is 5.67. The van der Waals surface area contributed by atoms with Gasteiger partial charge in [-0.1, -0.05) is 19.1 Å². The number of likely N-dealkylation sites (N-methyl/N-ethyl adjacent to an activating group) is 1. The van der Waals surface area contributed by atoms with Crippen LogP contribution < -0.4 is 19.1 Å². The van der Waals surface area contributed by atoms with Crippen molar-refractivity contribution >= 4 is 27.5 Å². The predicted molar refractivity (Wildman–Crippen MR) is 150 cm³/mol. The Labute approximate surface area is 238 Å². The van der Waals surface area contributed by atoms with Crippen molar-refractivity contribution in [2.75, 3.05) is 31.6 Å². The predicted octanol–water partition coefficient (Wildman–Crippen LogP) is 4.12. The summed E-state index contributed by atoms with van der Waals surface area (Å²) in [5.74, 6) is -1.72. The molecule has 3 aromatic carbocycles. The Morgan fingerprint density at radius 2 is 1.46 bits per heavy atom. The van der Waals surface area contributed by atoms with Crippen molar-refractivity contribution in [1.29, 1.82) is 0 Å². The first-order valence-electron chi connectivity index (χ1n) is 12.9. The third-order valence-electron chi connectivity index (χ3n) is 6.34. The number of hydrogen-bond donors (Lipinski definition) is 1. The summed E-state index contributed by atoms with van der Waals surface area (Å²) in [4.78, 5) is 27.9. The van der Waals surface area contributed by atoms with Crippen molar-refractivity contribution in [3.63, 3.8) is 0 Å². The highest BCUT2D eigenvalue weighted by Crippen LogP contribution is 2.32. The maximum atomic E-state index is 14.0. The second-order valence-corrected chi connectivity index (χ2v) is 10.8. The summed E-state index contributed by atoms with van der Waals surface area (Å²) in [7, 11) is -1.65. The van der Waals surface area contributed by atoms with Gasteiger partial charge in [-0.05, 0) is 67.4 Å². The van der Waals surface area contributed by atoms with E-state index in [0.29, 0.717) is 17.9 Å². The van der Waals surface area contributed by atoms with Crippen LogP contribution >= 0.6 is 0 Å². The summed E-state index contributed by atoms with van der Waals surface area (Å²) in [6.07, 6.45) is 0.234. The average molecular weight is 590 g/mol. The van der Waals surface area contributed by atoms with E-state index in [1.807, 2.05) is 0 Å². The monoisotopic (exact) mass is 589 g/mol. The number of sulfonamides is 1. The van der Waals surface area contributed by atoms with Crippen molar-refractivity contribution in [1.82, 2.24) is 10.2 Å². The molecule has 1 N–H and O–H groups in total. The molecule has 41 heavy (non-hydrogen) atoms. The van der Waals surface area contributed by atoms with Crippen LogP contribution in [0.25, 0.3) is 0 Å². The number of rotatable bonds is 13. The second-order valence-electron chi connectivity index (χ2n) is 8.97. The van der Waals surface area contributed by atoms with Gasteiger partial charge in [0.25, 0.3) is 10.0 Å². The molecule has 220 valence electrons. The van der Waals surface area contributed by atoms with Gasteiger partial charge < -0.3 is 19.7 Å². The molecular formula is C29H33F2N3O6S. The highest BCUT2D eigenvalue weighted by atomic mass is 32.2. The highest BCUT2D eigenvalue weighted by molar-refractivity contribution is 7.92. The van der Waals surface area contributed by atoms with Gasteiger partial charge in [0.15, 0.2) is 11.5 Å². The number of amides is 2. The molecule has 0 unspecified atom stereocenters. The quantitative estimate of drug-likeness (QED) is 0.322. The van der Waals surface area contributed by atoms with Gasteiger partial charge in [-0.15, -0.1) is 0 Å². The van der Waals surface area contributed by atoms with Crippen molar-refractivity contribution in [3.05, 3.63) is 83.9 Å². The molecule has 0 radical (unpaired) electrons. The first-order valence-corrected chi connectivity index (χ1v) is 14.3. The SMILES string of the molecule is CCNC(=O)[C@H](CC)N(Cc1ccc(F)cc1)C(=O)CN(c1ccc(F)cc1)S(=O)(=O)c1ccc(OC)c(OC)c1. The molecule has 0 saturated heterocycles. The van der Waals surface area contributed by atoms with Crippen LogP contribution in [0.4, 0.5) is 14.5 Å². The molecule has 3 aromatic rings. The fraction of sp³-hybridized carbons (Fsp3) is 0.310. The zero-order chi connectivity index (χ0) is 30.2. The molecule has 0 fully saturated rings. The number of carbonyl (C=O) groups is 2. The van der Waals surface area contributed by atoms with Crippen LogP contribution in [-0.4, -0.2) is 58.5 Å². The van der Waals surface area contributed by atoms with Crippen LogP contribution in [0.2, 0.25) is 0 Å². The molecule has 0 bridgehead atoms. The lowest BCUT2D eigenvalue weighted by Crippen LogP contribution is -2.52. The largest absolute Gasteiger partial charge is 0.493 e. The van der Waals surface area contributed by atoms with E-state index in [1.165, 1.54) is 73.7 Å². The Hall–Kier alpha value is -4.19. The van der Waals surface area contributed by atoms with Gasteiger partial charge in [0, 0.05) is 19.2 Å². The lowest BCUT2D eigenvalue weighted by Gasteiger charge is -2.33. The Balaban J connectivity index is 2.09. The zero-order valence-electron chi connectivity index (χ0n) is 23.3. The summed E-state index contributed by atoms with van der Waals surface area (Å²) in [5.41, 5.74) is 0.570. The lowest BCUT2D eigenvalue weighted by atomic mass is 10.1. The molecular weight excluding hydrogens is 556 g/mol. The second kappa shape index (κ2) is 13.9. The maximum Gasteiger partial charge on any atom is 0.264 e. The Bertz CT molecular complexity index is 1450. The number of anilines is 1. The molecule has 0 saturated carbocycles. The summed E-state index contributed by atoms with van der Waals surface area (Å²) >= 11 is 0. The van der Waals surface area contributed by atoms with E-state index in [4.69, 9.17) is 9.47 Å². The van der Waals surface area contributed by atoms with Crippen LogP contribution in [0.1, 0.15) is 25.8 Å². The summed E-state index contributed by atoms with van der Waals surface area (Å²) < 4.78 is 66.6. The van der Waals surface area contributed by atoms with E-state index in [0.717, 1.165) is 16.4 Å². The molecule has 0 aromatic heterocycles. The van der Waals surface area contributed by atoms with Gasteiger partial charge in [0.1, 0.15) is 24.2 Å². The fourth-order valence-electron chi connectivity index (χ4n) is 4.24. The van der Waals surface area contributed by atoms with Crippen molar-refractivity contribution < 1.29 is 36.3 Å². The molecule has 2 amide bonds. The van der Waals surface area contributed by atoms with E-state index in [1.54, 1.807) is 13.8 Å². The van der Waals surface area contributed by atoms with Crippen LogP contribution in [0.15, 0.2) is 71.6 Å². The third-order valence-corrected chi connectivity index (χ3v) is 8.11. The molecule has 0 aliphatic rings. The number of nitrogens with one attached hydrogen (secondary N) is 1. The molecule has 12 heteroatoms. The van der Waals surface area contributed by atoms with Gasteiger partial charge >= 0.3 is 0 Å². The molecule has 0 spiro atoms. The minimum Gasteiger partial charge on any atom is -0.493 e. The Morgan fingerprint density at radius 1 is 0.878 bits per heavy atom. The van der Waals surface area contributed by atoms with Gasteiger partial charge in [-0.3, -0.25) is 13.9 Å². The number of methoxy groups -OCH3 is 2. The van der Waals surface area contributed by atoms with Gasteiger partial charge in [0.2, 0.25) is 11.8 Å². The third kappa shape index (κ3) is 7.51. The average Bonchev–Trinajstić information content (AvgIpc) is 2.96. The van der Waals surface area contributed by atoms with Gasteiger partial charge in [-0.2, -0.15) is 0 Å². The number of nitrogens with zero attached hydrogens (tertiary/aromatic N) is 2.